The third-order valence-electron chi connectivity index (χ3n) is 3.26. The Morgan fingerprint density at radius 1 is 1.41 bits per heavy atom. The Labute approximate surface area is 100.0 Å². The first-order valence-electron chi connectivity index (χ1n) is 5.94. The highest BCUT2D eigenvalue weighted by atomic mass is 19.2. The summed E-state index contributed by atoms with van der Waals surface area (Å²) in [6.07, 6.45) is 2.66. The van der Waals surface area contributed by atoms with Gasteiger partial charge in [0.15, 0.2) is 11.6 Å². The Balaban J connectivity index is 2.20. The van der Waals surface area contributed by atoms with Gasteiger partial charge in [0.05, 0.1) is 7.11 Å². The highest BCUT2D eigenvalue weighted by molar-refractivity contribution is 5.35. The lowest BCUT2D eigenvalue weighted by atomic mass is 9.91. The smallest absolute Gasteiger partial charge is 0.165 e. The maximum atomic E-state index is 13.7. The molecule has 0 bridgehead atoms. The van der Waals surface area contributed by atoms with Gasteiger partial charge < -0.3 is 10.1 Å². The van der Waals surface area contributed by atoms with Gasteiger partial charge in [-0.1, -0.05) is 0 Å². The Kier molecular flexibility index (Phi) is 3.94. The van der Waals surface area contributed by atoms with E-state index < -0.39 is 11.6 Å². The van der Waals surface area contributed by atoms with Crippen LogP contribution < -0.4 is 10.1 Å². The molecule has 1 aromatic carbocycles. The van der Waals surface area contributed by atoms with E-state index in [4.69, 9.17) is 4.74 Å². The summed E-state index contributed by atoms with van der Waals surface area (Å²) in [7, 11) is 1.48. The van der Waals surface area contributed by atoms with Crippen LogP contribution >= 0.6 is 0 Å². The van der Waals surface area contributed by atoms with Gasteiger partial charge in [-0.2, -0.15) is 0 Å². The average Bonchev–Trinajstić information content (AvgIpc) is 2.37. The molecule has 1 heterocycles. The molecule has 1 atom stereocenters. The van der Waals surface area contributed by atoms with Crippen molar-refractivity contribution >= 4 is 0 Å². The molecule has 0 amide bonds. The minimum Gasteiger partial charge on any atom is -0.496 e. The maximum Gasteiger partial charge on any atom is 0.165 e. The predicted octanol–water partition coefficient (Wildman–Crippen LogP) is 2.52. The number of rotatable bonds is 3. The van der Waals surface area contributed by atoms with Crippen LogP contribution in [0.1, 0.15) is 18.4 Å². The Hall–Kier alpha value is -1.16. The lowest BCUT2D eigenvalue weighted by Crippen LogP contribution is -2.31. The van der Waals surface area contributed by atoms with Gasteiger partial charge in [-0.3, -0.25) is 0 Å². The molecule has 2 rings (SSSR count). The summed E-state index contributed by atoms with van der Waals surface area (Å²) < 4.78 is 32.0. The lowest BCUT2D eigenvalue weighted by Gasteiger charge is -2.23. The number of nitrogens with one attached hydrogen (secondary N) is 1. The van der Waals surface area contributed by atoms with Crippen LogP contribution in [0.4, 0.5) is 8.78 Å². The topological polar surface area (TPSA) is 21.3 Å². The third kappa shape index (κ3) is 2.75. The number of ether oxygens (including phenoxy) is 1. The molecule has 1 saturated heterocycles. The Bertz CT molecular complexity index is 389. The van der Waals surface area contributed by atoms with Crippen molar-refractivity contribution in [2.24, 2.45) is 5.92 Å². The van der Waals surface area contributed by atoms with E-state index in [9.17, 15) is 8.78 Å². The van der Waals surface area contributed by atoms with E-state index >= 15 is 0 Å². The van der Waals surface area contributed by atoms with E-state index in [0.29, 0.717) is 23.7 Å². The zero-order valence-corrected chi connectivity index (χ0v) is 9.93. The quantitative estimate of drug-likeness (QED) is 0.878. The van der Waals surface area contributed by atoms with Crippen molar-refractivity contribution in [2.75, 3.05) is 20.2 Å². The second kappa shape index (κ2) is 5.45. The van der Waals surface area contributed by atoms with Crippen molar-refractivity contribution in [3.05, 3.63) is 29.3 Å². The van der Waals surface area contributed by atoms with Gasteiger partial charge >= 0.3 is 0 Å². The van der Waals surface area contributed by atoms with Crippen LogP contribution in [0.15, 0.2) is 12.1 Å². The summed E-state index contributed by atoms with van der Waals surface area (Å²) in [4.78, 5) is 0. The van der Waals surface area contributed by atoms with Crippen molar-refractivity contribution in [3.63, 3.8) is 0 Å². The van der Waals surface area contributed by atoms with Crippen LogP contribution in [-0.2, 0) is 6.42 Å². The summed E-state index contributed by atoms with van der Waals surface area (Å²) in [6, 6.07) is 2.60. The fraction of sp³-hybridized carbons (Fsp3) is 0.538. The van der Waals surface area contributed by atoms with E-state index in [2.05, 4.69) is 5.32 Å². The van der Waals surface area contributed by atoms with Crippen LogP contribution in [0.25, 0.3) is 0 Å². The Morgan fingerprint density at radius 2 is 2.24 bits per heavy atom. The molecular weight excluding hydrogens is 224 g/mol. The van der Waals surface area contributed by atoms with Crippen molar-refractivity contribution < 1.29 is 13.5 Å². The monoisotopic (exact) mass is 241 g/mol. The zero-order valence-electron chi connectivity index (χ0n) is 9.93. The molecule has 1 aliphatic heterocycles. The number of benzene rings is 1. The summed E-state index contributed by atoms with van der Waals surface area (Å²) in [5.74, 6) is -0.775. The fourth-order valence-corrected chi connectivity index (χ4v) is 2.34. The second-order valence-corrected chi connectivity index (χ2v) is 4.46. The van der Waals surface area contributed by atoms with Gasteiger partial charge in [-0.15, -0.1) is 0 Å². The summed E-state index contributed by atoms with van der Waals surface area (Å²) in [5.41, 5.74) is 0.362. The normalized spacial score (nSPS) is 20.3. The van der Waals surface area contributed by atoms with Gasteiger partial charge in [0.1, 0.15) is 5.75 Å². The molecule has 4 heteroatoms. The van der Waals surface area contributed by atoms with Crippen LogP contribution in [-0.4, -0.2) is 20.2 Å². The lowest BCUT2D eigenvalue weighted by molar-refractivity contribution is 0.353. The number of methoxy groups -OCH3 is 1. The molecule has 1 aliphatic rings. The molecule has 1 unspecified atom stereocenters. The van der Waals surface area contributed by atoms with Gasteiger partial charge in [0.2, 0.25) is 0 Å². The summed E-state index contributed by atoms with van der Waals surface area (Å²) in [6.45, 7) is 1.87. The molecule has 94 valence electrons. The van der Waals surface area contributed by atoms with E-state index in [1.54, 1.807) is 0 Å². The first-order valence-corrected chi connectivity index (χ1v) is 5.94. The maximum absolute atomic E-state index is 13.7. The molecule has 0 radical (unpaired) electrons. The molecule has 2 nitrogen and oxygen atoms in total. The van der Waals surface area contributed by atoms with Crippen molar-refractivity contribution in [1.82, 2.24) is 5.32 Å². The number of hydrogen-bond donors (Lipinski definition) is 1. The van der Waals surface area contributed by atoms with Gasteiger partial charge in [0, 0.05) is 5.56 Å². The molecule has 1 N–H and O–H groups in total. The first-order chi connectivity index (χ1) is 8.22. The third-order valence-corrected chi connectivity index (χ3v) is 3.26. The van der Waals surface area contributed by atoms with Gasteiger partial charge in [0.25, 0.3) is 0 Å². The molecule has 1 fully saturated rings. The standard InChI is InChI=1S/C13H17F2NO/c1-17-12-5-4-11(14)13(15)10(12)7-9-3-2-6-16-8-9/h4-5,9,16H,2-3,6-8H2,1H3. The van der Waals surface area contributed by atoms with Crippen LogP contribution in [0.3, 0.4) is 0 Å². The van der Waals surface area contributed by atoms with Crippen LogP contribution in [0.5, 0.6) is 5.75 Å². The van der Waals surface area contributed by atoms with Crippen molar-refractivity contribution in [1.29, 1.82) is 0 Å². The molecule has 0 aliphatic carbocycles. The van der Waals surface area contributed by atoms with E-state index in [-0.39, 0.29) is 0 Å². The number of piperidine rings is 1. The first kappa shape index (κ1) is 12.3. The summed E-state index contributed by atoms with van der Waals surface area (Å²) >= 11 is 0. The fourth-order valence-electron chi connectivity index (χ4n) is 2.34. The van der Waals surface area contributed by atoms with Gasteiger partial charge in [-0.05, 0) is 50.4 Å². The van der Waals surface area contributed by atoms with Crippen molar-refractivity contribution in [3.8, 4) is 5.75 Å². The SMILES string of the molecule is COc1ccc(F)c(F)c1CC1CCCNC1. The molecule has 0 aromatic heterocycles. The summed E-state index contributed by atoms with van der Waals surface area (Å²) in [5, 5.41) is 3.27. The highest BCUT2D eigenvalue weighted by Gasteiger charge is 2.20. The molecule has 0 saturated carbocycles. The minimum atomic E-state index is -0.801. The molecular formula is C13H17F2NO. The second-order valence-electron chi connectivity index (χ2n) is 4.46. The molecule has 1 aromatic rings. The van der Waals surface area contributed by atoms with Crippen LogP contribution in [0, 0.1) is 17.6 Å². The van der Waals surface area contributed by atoms with E-state index in [1.165, 1.54) is 13.2 Å². The largest absolute Gasteiger partial charge is 0.496 e. The highest BCUT2D eigenvalue weighted by Crippen LogP contribution is 2.28. The van der Waals surface area contributed by atoms with E-state index in [0.717, 1.165) is 32.0 Å². The number of hydrogen-bond acceptors (Lipinski definition) is 2. The van der Waals surface area contributed by atoms with Crippen molar-refractivity contribution in [2.45, 2.75) is 19.3 Å². The van der Waals surface area contributed by atoms with Crippen LogP contribution in [0.2, 0.25) is 0 Å². The number of halogens is 2. The minimum absolute atomic E-state index is 0.356. The Morgan fingerprint density at radius 3 is 2.88 bits per heavy atom. The zero-order chi connectivity index (χ0) is 12.3. The van der Waals surface area contributed by atoms with E-state index in [1.807, 2.05) is 0 Å². The average molecular weight is 241 g/mol. The molecule has 0 spiro atoms. The molecule has 17 heavy (non-hydrogen) atoms. The van der Waals surface area contributed by atoms with Gasteiger partial charge in [-0.25, -0.2) is 8.78 Å². The predicted molar refractivity (Wildman–Crippen MR) is 62.2 cm³/mol.